The van der Waals surface area contributed by atoms with Crippen molar-refractivity contribution in [3.63, 3.8) is 0 Å². The van der Waals surface area contributed by atoms with Crippen molar-refractivity contribution in [1.29, 1.82) is 0 Å². The van der Waals surface area contributed by atoms with Crippen molar-refractivity contribution in [3.8, 4) is 0 Å². The van der Waals surface area contributed by atoms with Crippen LogP contribution >= 0.6 is 11.6 Å². The average molecular weight is 191 g/mol. The van der Waals surface area contributed by atoms with E-state index in [4.69, 9.17) is 16.3 Å². The molecular weight excluding hydrogens is 172 g/mol. The van der Waals surface area contributed by atoms with Crippen LogP contribution < -0.4 is 0 Å². The zero-order chi connectivity index (χ0) is 8.81. The van der Waals surface area contributed by atoms with E-state index in [-0.39, 0.29) is 0 Å². The first kappa shape index (κ1) is 10.3. The molecule has 0 aliphatic heterocycles. The Balaban J connectivity index is 1.93. The minimum Gasteiger partial charge on any atom is -0.381 e. The molecule has 0 aromatic heterocycles. The molecule has 0 aromatic rings. The van der Waals surface area contributed by atoms with Gasteiger partial charge in [-0.15, -0.1) is 11.6 Å². The van der Waals surface area contributed by atoms with Gasteiger partial charge >= 0.3 is 0 Å². The summed E-state index contributed by atoms with van der Waals surface area (Å²) in [6.45, 7) is 4.05. The first-order chi connectivity index (χ1) is 5.83. The van der Waals surface area contributed by atoms with E-state index in [1.165, 1.54) is 25.7 Å². The Hall–Kier alpha value is 0.250. The Morgan fingerprint density at radius 1 is 1.42 bits per heavy atom. The van der Waals surface area contributed by atoms with Gasteiger partial charge in [-0.2, -0.15) is 0 Å². The molecular formula is C10H19ClO. The quantitative estimate of drug-likeness (QED) is 0.478. The number of halogens is 1. The van der Waals surface area contributed by atoms with Crippen molar-refractivity contribution >= 4 is 11.6 Å². The Bertz CT molecular complexity index is 116. The molecule has 2 atom stereocenters. The lowest BCUT2D eigenvalue weighted by molar-refractivity contribution is 0.0990. The molecule has 1 rings (SSSR count). The Kier molecular flexibility index (Phi) is 5.01. The van der Waals surface area contributed by atoms with Crippen molar-refractivity contribution in [1.82, 2.24) is 0 Å². The first-order valence-corrected chi connectivity index (χ1v) is 5.48. The summed E-state index contributed by atoms with van der Waals surface area (Å²) in [6, 6.07) is 0. The molecule has 12 heavy (non-hydrogen) atoms. The Morgan fingerprint density at radius 3 is 2.83 bits per heavy atom. The summed E-state index contributed by atoms with van der Waals surface area (Å²) in [4.78, 5) is 0. The number of hydrogen-bond donors (Lipinski definition) is 0. The van der Waals surface area contributed by atoms with Crippen molar-refractivity contribution in [2.24, 2.45) is 5.92 Å². The molecule has 0 amide bonds. The van der Waals surface area contributed by atoms with E-state index in [9.17, 15) is 0 Å². The van der Waals surface area contributed by atoms with Crippen LogP contribution in [0.15, 0.2) is 0 Å². The van der Waals surface area contributed by atoms with Gasteiger partial charge in [0, 0.05) is 18.6 Å². The second-order valence-corrected chi connectivity index (χ2v) is 4.32. The number of alkyl halides is 1. The highest BCUT2D eigenvalue weighted by Gasteiger charge is 2.22. The minimum atomic E-state index is 0.421. The van der Waals surface area contributed by atoms with Gasteiger partial charge in [-0.05, 0) is 31.6 Å². The molecule has 1 saturated carbocycles. The minimum absolute atomic E-state index is 0.421. The third-order valence-electron chi connectivity index (χ3n) is 2.47. The maximum absolute atomic E-state index is 5.99. The summed E-state index contributed by atoms with van der Waals surface area (Å²) >= 11 is 5.99. The van der Waals surface area contributed by atoms with Crippen LogP contribution in [0.4, 0.5) is 0 Å². The van der Waals surface area contributed by atoms with Gasteiger partial charge in [-0.1, -0.05) is 13.3 Å². The molecule has 72 valence electrons. The monoisotopic (exact) mass is 190 g/mol. The molecule has 0 radical (unpaired) electrons. The summed E-state index contributed by atoms with van der Waals surface area (Å²) in [5.41, 5.74) is 0. The van der Waals surface area contributed by atoms with E-state index in [1.807, 2.05) is 0 Å². The molecule has 0 unspecified atom stereocenters. The topological polar surface area (TPSA) is 9.23 Å². The smallest absolute Gasteiger partial charge is 0.0494 e. The zero-order valence-electron chi connectivity index (χ0n) is 7.89. The summed E-state index contributed by atoms with van der Waals surface area (Å²) in [7, 11) is 0. The van der Waals surface area contributed by atoms with E-state index in [2.05, 4.69) is 6.92 Å². The second kappa shape index (κ2) is 5.82. The summed E-state index contributed by atoms with van der Waals surface area (Å²) in [6.07, 6.45) is 6.02. The molecule has 1 fully saturated rings. The van der Waals surface area contributed by atoms with Gasteiger partial charge in [0.15, 0.2) is 0 Å². The number of unbranched alkanes of at least 4 members (excludes halogenated alkanes) is 1. The van der Waals surface area contributed by atoms with Crippen LogP contribution in [0.3, 0.4) is 0 Å². The number of hydrogen-bond acceptors (Lipinski definition) is 1. The predicted octanol–water partition coefficient (Wildman–Crippen LogP) is 3.21. The first-order valence-electron chi connectivity index (χ1n) is 5.04. The number of rotatable bonds is 5. The van der Waals surface area contributed by atoms with Gasteiger partial charge in [-0.3, -0.25) is 0 Å². The van der Waals surface area contributed by atoms with Crippen LogP contribution in [0.1, 0.15) is 39.0 Å². The maximum atomic E-state index is 5.99. The summed E-state index contributed by atoms with van der Waals surface area (Å²) < 4.78 is 5.55. The lowest BCUT2D eigenvalue weighted by atomic mass is 10.1. The van der Waals surface area contributed by atoms with Crippen LogP contribution in [0.2, 0.25) is 0 Å². The Morgan fingerprint density at radius 2 is 2.25 bits per heavy atom. The number of ether oxygens (including phenoxy) is 1. The Labute approximate surface area is 80.4 Å². The molecule has 0 N–H and O–H groups in total. The molecule has 0 heterocycles. The third kappa shape index (κ3) is 3.77. The van der Waals surface area contributed by atoms with E-state index in [0.717, 1.165) is 25.6 Å². The molecule has 0 spiro atoms. The van der Waals surface area contributed by atoms with Gasteiger partial charge in [0.25, 0.3) is 0 Å². The van der Waals surface area contributed by atoms with Crippen LogP contribution in [0.5, 0.6) is 0 Å². The van der Waals surface area contributed by atoms with Crippen LogP contribution in [0, 0.1) is 5.92 Å². The van der Waals surface area contributed by atoms with Crippen LogP contribution in [-0.4, -0.2) is 18.6 Å². The van der Waals surface area contributed by atoms with E-state index < -0.39 is 0 Å². The molecule has 1 aliphatic rings. The van der Waals surface area contributed by atoms with Crippen molar-refractivity contribution in [3.05, 3.63) is 0 Å². The molecule has 0 saturated heterocycles. The van der Waals surface area contributed by atoms with Crippen molar-refractivity contribution in [2.75, 3.05) is 13.2 Å². The van der Waals surface area contributed by atoms with Crippen molar-refractivity contribution < 1.29 is 4.74 Å². The van der Waals surface area contributed by atoms with E-state index in [1.54, 1.807) is 0 Å². The normalized spacial score (nSPS) is 29.5. The fourth-order valence-corrected chi connectivity index (χ4v) is 2.04. The van der Waals surface area contributed by atoms with E-state index in [0.29, 0.717) is 5.38 Å². The van der Waals surface area contributed by atoms with Crippen molar-refractivity contribution in [2.45, 2.75) is 44.4 Å². The van der Waals surface area contributed by atoms with E-state index >= 15 is 0 Å². The lowest BCUT2D eigenvalue weighted by Gasteiger charge is -2.09. The van der Waals surface area contributed by atoms with Gasteiger partial charge in [0.1, 0.15) is 0 Å². The van der Waals surface area contributed by atoms with Crippen LogP contribution in [0.25, 0.3) is 0 Å². The van der Waals surface area contributed by atoms with Crippen LogP contribution in [-0.2, 0) is 4.74 Å². The fraction of sp³-hybridized carbons (Fsp3) is 1.00. The summed E-state index contributed by atoms with van der Waals surface area (Å²) in [5.74, 6) is 0.740. The molecule has 0 bridgehead atoms. The summed E-state index contributed by atoms with van der Waals surface area (Å²) in [5, 5.41) is 0.421. The standard InChI is InChI=1S/C10H19ClO/c1-2-3-6-12-8-9-4-5-10(11)7-9/h9-10H,2-8H2,1H3/t9-,10+/m0/s1. The fourth-order valence-electron chi connectivity index (χ4n) is 1.66. The highest BCUT2D eigenvalue weighted by Crippen LogP contribution is 2.29. The van der Waals surface area contributed by atoms with Gasteiger partial charge in [0.05, 0.1) is 0 Å². The highest BCUT2D eigenvalue weighted by molar-refractivity contribution is 6.20. The van der Waals surface area contributed by atoms with Gasteiger partial charge in [-0.25, -0.2) is 0 Å². The van der Waals surface area contributed by atoms with Gasteiger partial charge in [0.2, 0.25) is 0 Å². The molecule has 1 aliphatic carbocycles. The average Bonchev–Trinajstić information content (AvgIpc) is 2.45. The predicted molar refractivity (Wildman–Crippen MR) is 52.7 cm³/mol. The van der Waals surface area contributed by atoms with Gasteiger partial charge < -0.3 is 4.74 Å². The SMILES string of the molecule is CCCCOC[C@H]1CC[C@@H](Cl)C1. The highest BCUT2D eigenvalue weighted by atomic mass is 35.5. The molecule has 0 aromatic carbocycles. The second-order valence-electron chi connectivity index (χ2n) is 3.70. The lowest BCUT2D eigenvalue weighted by Crippen LogP contribution is -2.07. The third-order valence-corrected chi connectivity index (χ3v) is 2.87. The zero-order valence-corrected chi connectivity index (χ0v) is 8.65. The largest absolute Gasteiger partial charge is 0.381 e. The molecule has 1 nitrogen and oxygen atoms in total. The molecule has 2 heteroatoms. The maximum Gasteiger partial charge on any atom is 0.0494 e.